The Morgan fingerprint density at radius 3 is 2.64 bits per heavy atom. The lowest BCUT2D eigenvalue weighted by Crippen LogP contribution is -2.26. The molecular formula is C17H18F2N4O2. The minimum absolute atomic E-state index is 0.0845. The molecule has 1 aromatic carbocycles. The summed E-state index contributed by atoms with van der Waals surface area (Å²) in [7, 11) is 0. The van der Waals surface area contributed by atoms with E-state index in [0.717, 1.165) is 12.1 Å². The maximum atomic E-state index is 13.8. The molecule has 0 saturated carbocycles. The summed E-state index contributed by atoms with van der Waals surface area (Å²) in [5.41, 5.74) is -0.374. The summed E-state index contributed by atoms with van der Waals surface area (Å²) in [6.07, 6.45) is 1.41. The molecule has 132 valence electrons. The molecule has 3 rings (SSSR count). The van der Waals surface area contributed by atoms with E-state index in [0.29, 0.717) is 17.1 Å². The van der Waals surface area contributed by atoms with Gasteiger partial charge in [0.15, 0.2) is 5.65 Å². The summed E-state index contributed by atoms with van der Waals surface area (Å²) in [5.74, 6) is -1.60. The van der Waals surface area contributed by atoms with Crippen LogP contribution >= 0.6 is 0 Å². The normalized spacial score (nSPS) is 13.4. The monoisotopic (exact) mass is 348 g/mol. The van der Waals surface area contributed by atoms with Crippen molar-refractivity contribution in [2.45, 2.75) is 39.0 Å². The quantitative estimate of drug-likeness (QED) is 0.789. The first-order chi connectivity index (χ1) is 11.7. The second kappa shape index (κ2) is 6.03. The molecule has 0 aliphatic heterocycles. The first-order valence-corrected chi connectivity index (χ1v) is 7.75. The lowest BCUT2D eigenvalue weighted by molar-refractivity contribution is 0.150. The topological polar surface area (TPSA) is 72.9 Å². The highest BCUT2D eigenvalue weighted by molar-refractivity contribution is 5.73. The molecule has 0 aliphatic rings. The number of aliphatic hydroxyl groups excluding tert-OH is 1. The molecule has 8 heteroatoms. The molecular weight excluding hydrogens is 330 g/mol. The fourth-order valence-electron chi connectivity index (χ4n) is 2.63. The van der Waals surface area contributed by atoms with Crippen molar-refractivity contribution in [3.63, 3.8) is 0 Å². The van der Waals surface area contributed by atoms with Gasteiger partial charge in [0.05, 0.1) is 24.4 Å². The minimum atomic E-state index is -1.31. The Labute approximate surface area is 142 Å². The van der Waals surface area contributed by atoms with Gasteiger partial charge < -0.3 is 5.11 Å². The maximum absolute atomic E-state index is 13.8. The van der Waals surface area contributed by atoms with Crippen molar-refractivity contribution in [2.24, 2.45) is 0 Å². The van der Waals surface area contributed by atoms with E-state index >= 15 is 0 Å². The summed E-state index contributed by atoms with van der Waals surface area (Å²) in [5, 5.41) is 14.7. The van der Waals surface area contributed by atoms with Gasteiger partial charge in [-0.25, -0.2) is 18.4 Å². The predicted molar refractivity (Wildman–Crippen MR) is 88.1 cm³/mol. The van der Waals surface area contributed by atoms with Crippen LogP contribution in [-0.2, 0) is 12.1 Å². The van der Waals surface area contributed by atoms with Crippen LogP contribution in [0.3, 0.4) is 0 Å². The van der Waals surface area contributed by atoms with Crippen molar-refractivity contribution >= 4 is 11.0 Å². The van der Waals surface area contributed by atoms with E-state index in [1.807, 2.05) is 20.8 Å². The van der Waals surface area contributed by atoms with Crippen LogP contribution in [-0.4, -0.2) is 24.4 Å². The second-order valence-corrected chi connectivity index (χ2v) is 6.85. The first kappa shape index (κ1) is 17.2. The van der Waals surface area contributed by atoms with Gasteiger partial charge in [0.25, 0.3) is 5.56 Å². The maximum Gasteiger partial charge on any atom is 0.264 e. The molecule has 0 fully saturated rings. The van der Waals surface area contributed by atoms with Crippen LogP contribution in [0.25, 0.3) is 11.0 Å². The highest BCUT2D eigenvalue weighted by Gasteiger charge is 2.21. The smallest absolute Gasteiger partial charge is 0.264 e. The Hall–Kier alpha value is -2.61. The number of aliphatic hydroxyl groups is 1. The van der Waals surface area contributed by atoms with E-state index in [9.17, 15) is 18.7 Å². The first-order valence-electron chi connectivity index (χ1n) is 7.75. The number of nitrogens with zero attached hydrogens (tertiary/aromatic N) is 4. The Morgan fingerprint density at radius 1 is 1.28 bits per heavy atom. The Balaban J connectivity index is 1.97. The fourth-order valence-corrected chi connectivity index (χ4v) is 2.63. The van der Waals surface area contributed by atoms with E-state index in [-0.39, 0.29) is 23.2 Å². The number of hydrogen-bond donors (Lipinski definition) is 1. The van der Waals surface area contributed by atoms with E-state index in [1.165, 1.54) is 17.1 Å². The van der Waals surface area contributed by atoms with Gasteiger partial charge >= 0.3 is 0 Å². The molecule has 0 radical (unpaired) electrons. The molecule has 3 aromatic rings. The number of rotatable bonds is 3. The Kier molecular flexibility index (Phi) is 4.16. The molecule has 1 atom stereocenters. The number of benzene rings is 1. The predicted octanol–water partition coefficient (Wildman–Crippen LogP) is 2.36. The largest absolute Gasteiger partial charge is 0.386 e. The van der Waals surface area contributed by atoms with Crippen molar-refractivity contribution < 1.29 is 13.9 Å². The molecule has 25 heavy (non-hydrogen) atoms. The molecule has 1 N–H and O–H groups in total. The summed E-state index contributed by atoms with van der Waals surface area (Å²) in [6.45, 7) is 5.61. The lowest BCUT2D eigenvalue weighted by atomic mass is 10.1. The average Bonchev–Trinajstić information content (AvgIpc) is 2.94. The van der Waals surface area contributed by atoms with Crippen molar-refractivity contribution in [3.05, 3.63) is 58.3 Å². The zero-order valence-electron chi connectivity index (χ0n) is 14.1. The average molecular weight is 348 g/mol. The van der Waals surface area contributed by atoms with Gasteiger partial charge in [0, 0.05) is 11.6 Å². The van der Waals surface area contributed by atoms with Crippen LogP contribution in [0.5, 0.6) is 0 Å². The molecule has 0 amide bonds. The summed E-state index contributed by atoms with van der Waals surface area (Å²) < 4.78 is 29.6. The number of hydrogen-bond acceptors (Lipinski definition) is 4. The van der Waals surface area contributed by atoms with Crippen molar-refractivity contribution in [2.75, 3.05) is 0 Å². The van der Waals surface area contributed by atoms with Gasteiger partial charge in [-0.05, 0) is 26.8 Å². The van der Waals surface area contributed by atoms with Crippen molar-refractivity contribution in [3.8, 4) is 0 Å². The fraction of sp³-hybridized carbons (Fsp3) is 0.353. The van der Waals surface area contributed by atoms with E-state index in [2.05, 4.69) is 10.1 Å². The number of fused-ring (bicyclic) bond motifs is 1. The van der Waals surface area contributed by atoms with Crippen LogP contribution in [0, 0.1) is 11.6 Å². The summed E-state index contributed by atoms with van der Waals surface area (Å²) in [6, 6.07) is 2.90. The highest BCUT2D eigenvalue weighted by Crippen LogP contribution is 2.20. The Bertz CT molecular complexity index is 988. The molecule has 0 spiro atoms. The highest BCUT2D eigenvalue weighted by atomic mass is 19.1. The SMILES string of the molecule is CC(C)(C)n1ncc2c(=O)n(CC(O)c3ccc(F)cc3F)cnc21. The number of halogens is 2. The van der Waals surface area contributed by atoms with E-state index in [1.54, 1.807) is 4.68 Å². The van der Waals surface area contributed by atoms with Crippen LogP contribution in [0.2, 0.25) is 0 Å². The van der Waals surface area contributed by atoms with Gasteiger partial charge in [-0.15, -0.1) is 0 Å². The third-order valence-electron chi connectivity index (χ3n) is 3.88. The van der Waals surface area contributed by atoms with Gasteiger partial charge in [-0.1, -0.05) is 6.07 Å². The van der Waals surface area contributed by atoms with E-state index < -0.39 is 17.7 Å². The van der Waals surface area contributed by atoms with Crippen LogP contribution < -0.4 is 5.56 Å². The van der Waals surface area contributed by atoms with Crippen molar-refractivity contribution in [1.82, 2.24) is 19.3 Å². The molecule has 2 aromatic heterocycles. The third kappa shape index (κ3) is 3.17. The third-order valence-corrected chi connectivity index (χ3v) is 3.88. The molecule has 0 bridgehead atoms. The van der Waals surface area contributed by atoms with Gasteiger partial charge in [0.2, 0.25) is 0 Å². The van der Waals surface area contributed by atoms with Gasteiger partial charge in [0.1, 0.15) is 23.3 Å². The second-order valence-electron chi connectivity index (χ2n) is 6.85. The van der Waals surface area contributed by atoms with Crippen LogP contribution in [0.15, 0.2) is 35.5 Å². The number of aromatic nitrogens is 4. The lowest BCUT2D eigenvalue weighted by Gasteiger charge is -2.19. The molecule has 0 saturated heterocycles. The zero-order valence-corrected chi connectivity index (χ0v) is 14.1. The van der Waals surface area contributed by atoms with Gasteiger partial charge in [-0.3, -0.25) is 9.36 Å². The van der Waals surface area contributed by atoms with Gasteiger partial charge in [-0.2, -0.15) is 5.10 Å². The van der Waals surface area contributed by atoms with Crippen molar-refractivity contribution in [1.29, 1.82) is 0 Å². The standard InChI is InChI=1S/C17H18F2N4O2/c1-17(2,3)23-15-12(7-21-23)16(25)22(9-20-15)8-14(24)11-5-4-10(18)6-13(11)19/h4-7,9,14,24H,8H2,1-3H3. The summed E-state index contributed by atoms with van der Waals surface area (Å²) >= 11 is 0. The molecule has 1 unspecified atom stereocenters. The Morgan fingerprint density at radius 2 is 2.00 bits per heavy atom. The summed E-state index contributed by atoms with van der Waals surface area (Å²) in [4.78, 5) is 16.8. The van der Waals surface area contributed by atoms with E-state index in [4.69, 9.17) is 0 Å². The molecule has 6 nitrogen and oxygen atoms in total. The molecule has 0 aliphatic carbocycles. The van der Waals surface area contributed by atoms with Crippen LogP contribution in [0.4, 0.5) is 8.78 Å². The van der Waals surface area contributed by atoms with Crippen LogP contribution in [0.1, 0.15) is 32.4 Å². The molecule has 2 heterocycles. The zero-order chi connectivity index (χ0) is 18.4. The minimum Gasteiger partial charge on any atom is -0.386 e.